The Morgan fingerprint density at radius 2 is 2.00 bits per heavy atom. The van der Waals surface area contributed by atoms with Crippen molar-refractivity contribution in [3.63, 3.8) is 0 Å². The summed E-state index contributed by atoms with van der Waals surface area (Å²) < 4.78 is 30.5. The minimum absolute atomic E-state index is 0.0495. The Bertz CT molecular complexity index is 556. The maximum absolute atomic E-state index is 13.1. The van der Waals surface area contributed by atoms with E-state index in [9.17, 15) is 18.4 Å². The van der Waals surface area contributed by atoms with Crippen molar-refractivity contribution in [2.45, 2.75) is 19.3 Å². The minimum atomic E-state index is -1.02. The molecule has 1 aromatic carbocycles. The van der Waals surface area contributed by atoms with Gasteiger partial charge in [-0.05, 0) is 42.2 Å². The number of hydrogen-bond acceptors (Lipinski definition) is 4. The summed E-state index contributed by atoms with van der Waals surface area (Å²) in [6, 6.07) is 3.15. The normalized spacial score (nSPS) is 15.6. The van der Waals surface area contributed by atoms with Gasteiger partial charge in [0.1, 0.15) is 0 Å². The van der Waals surface area contributed by atoms with E-state index in [1.54, 1.807) is 0 Å². The quantitative estimate of drug-likeness (QED) is 0.572. The van der Waals surface area contributed by atoms with Crippen molar-refractivity contribution in [2.75, 3.05) is 18.6 Å². The van der Waals surface area contributed by atoms with Crippen LogP contribution in [0.1, 0.15) is 29.6 Å². The highest BCUT2D eigenvalue weighted by atomic mass is 32.2. The number of ether oxygens (including phenoxy) is 1. The second kappa shape index (κ2) is 6.56. The lowest BCUT2D eigenvalue weighted by Gasteiger charge is -2.12. The summed E-state index contributed by atoms with van der Waals surface area (Å²) in [6.07, 6.45) is 2.28. The number of methoxy groups -OCH3 is 1. The lowest BCUT2D eigenvalue weighted by atomic mass is 10.1. The van der Waals surface area contributed by atoms with Gasteiger partial charge in [-0.25, -0.2) is 8.78 Å². The lowest BCUT2D eigenvalue weighted by molar-refractivity contribution is -0.141. The van der Waals surface area contributed by atoms with Crippen molar-refractivity contribution in [1.82, 2.24) is 0 Å². The molecule has 0 saturated heterocycles. The van der Waals surface area contributed by atoms with Gasteiger partial charge in [-0.1, -0.05) is 0 Å². The second-order valence-corrected chi connectivity index (χ2v) is 6.28. The van der Waals surface area contributed by atoms with Crippen molar-refractivity contribution in [3.8, 4) is 0 Å². The van der Waals surface area contributed by atoms with Crippen molar-refractivity contribution >= 4 is 23.5 Å². The number of ketones is 1. The first kappa shape index (κ1) is 15.9. The topological polar surface area (TPSA) is 43.4 Å². The fourth-order valence-corrected chi connectivity index (χ4v) is 3.32. The summed E-state index contributed by atoms with van der Waals surface area (Å²) in [5, 5.41) is 0. The van der Waals surface area contributed by atoms with Crippen LogP contribution in [0.25, 0.3) is 0 Å². The van der Waals surface area contributed by atoms with E-state index >= 15 is 0 Å². The van der Waals surface area contributed by atoms with Gasteiger partial charge in [0, 0.05) is 5.56 Å². The molecule has 0 atom stereocenters. The van der Waals surface area contributed by atoms with Crippen LogP contribution < -0.4 is 0 Å². The van der Waals surface area contributed by atoms with Crippen LogP contribution >= 0.6 is 11.8 Å². The first-order valence-electron chi connectivity index (χ1n) is 6.59. The molecule has 0 aromatic heterocycles. The molecule has 21 heavy (non-hydrogen) atoms. The summed E-state index contributed by atoms with van der Waals surface area (Å²) in [6.45, 7) is 0. The van der Waals surface area contributed by atoms with E-state index in [0.717, 1.165) is 25.0 Å². The predicted molar refractivity (Wildman–Crippen MR) is 76.3 cm³/mol. The zero-order valence-electron chi connectivity index (χ0n) is 11.7. The lowest BCUT2D eigenvalue weighted by Crippen LogP contribution is -2.14. The molecule has 1 saturated carbocycles. The molecule has 0 aliphatic heterocycles. The van der Waals surface area contributed by atoms with Crippen LogP contribution in [0, 0.1) is 17.0 Å². The molecule has 0 bridgehead atoms. The summed E-state index contributed by atoms with van der Waals surface area (Å²) in [5.74, 6) is -1.58. The molecule has 0 N–H and O–H groups in total. The van der Waals surface area contributed by atoms with Gasteiger partial charge >= 0.3 is 5.97 Å². The molecule has 1 aliphatic rings. The number of rotatable bonds is 7. The zero-order chi connectivity index (χ0) is 15.5. The van der Waals surface area contributed by atoms with Crippen LogP contribution in [0.4, 0.5) is 8.78 Å². The van der Waals surface area contributed by atoms with Gasteiger partial charge in [-0.15, -0.1) is 0 Å². The Morgan fingerprint density at radius 1 is 1.29 bits per heavy atom. The summed E-state index contributed by atoms with van der Waals surface area (Å²) in [4.78, 5) is 23.2. The van der Waals surface area contributed by atoms with Gasteiger partial charge in [0.15, 0.2) is 17.4 Å². The number of halogens is 2. The molecule has 0 unspecified atom stereocenters. The third-order valence-electron chi connectivity index (χ3n) is 3.59. The molecular formula is C15H16F2O3S. The summed E-state index contributed by atoms with van der Waals surface area (Å²) in [7, 11) is 1.36. The molecule has 0 spiro atoms. The predicted octanol–water partition coefficient (Wildman–Crippen LogP) is 3.22. The summed E-state index contributed by atoms with van der Waals surface area (Å²) >= 11 is 1.41. The van der Waals surface area contributed by atoms with Gasteiger partial charge in [0.2, 0.25) is 0 Å². The average Bonchev–Trinajstić information content (AvgIpc) is 3.21. The first-order chi connectivity index (χ1) is 9.96. The molecule has 1 aliphatic carbocycles. The van der Waals surface area contributed by atoms with Crippen LogP contribution in [-0.4, -0.2) is 30.4 Å². The number of benzene rings is 1. The largest absolute Gasteiger partial charge is 0.469 e. The number of carbonyl (C=O) groups is 2. The number of esters is 1. The highest BCUT2D eigenvalue weighted by molar-refractivity contribution is 8.00. The second-order valence-electron chi connectivity index (χ2n) is 5.30. The summed E-state index contributed by atoms with van der Waals surface area (Å²) in [5.41, 5.74) is 0.116. The Morgan fingerprint density at radius 3 is 2.57 bits per heavy atom. The third-order valence-corrected chi connectivity index (χ3v) is 4.87. The van der Waals surface area contributed by atoms with Crippen molar-refractivity contribution in [3.05, 3.63) is 35.4 Å². The van der Waals surface area contributed by atoms with E-state index in [1.807, 2.05) is 0 Å². The SMILES string of the molecule is COC(=O)CC1(CSCC(=O)c2ccc(F)c(F)c2)CC1. The molecule has 0 radical (unpaired) electrons. The fourth-order valence-electron chi connectivity index (χ4n) is 2.04. The van der Waals surface area contributed by atoms with Crippen molar-refractivity contribution < 1.29 is 23.1 Å². The molecule has 3 nitrogen and oxygen atoms in total. The van der Waals surface area contributed by atoms with Gasteiger partial charge in [-0.2, -0.15) is 11.8 Å². The maximum Gasteiger partial charge on any atom is 0.306 e. The van der Waals surface area contributed by atoms with Gasteiger partial charge < -0.3 is 4.74 Å². The van der Waals surface area contributed by atoms with E-state index in [2.05, 4.69) is 4.74 Å². The molecular weight excluding hydrogens is 298 g/mol. The molecule has 1 fully saturated rings. The molecule has 1 aromatic rings. The molecule has 0 amide bonds. The van der Waals surface area contributed by atoms with Crippen LogP contribution in [-0.2, 0) is 9.53 Å². The Labute approximate surface area is 126 Å². The van der Waals surface area contributed by atoms with E-state index < -0.39 is 11.6 Å². The van der Waals surface area contributed by atoms with Crippen LogP contribution in [0.2, 0.25) is 0 Å². The highest BCUT2D eigenvalue weighted by Crippen LogP contribution is 2.51. The number of Topliss-reactive ketones (excluding diaryl/α,β-unsaturated/α-hetero) is 1. The zero-order valence-corrected chi connectivity index (χ0v) is 12.5. The Kier molecular flexibility index (Phi) is 4.98. The third kappa shape index (κ3) is 4.27. The van der Waals surface area contributed by atoms with E-state index in [1.165, 1.54) is 24.9 Å². The van der Waals surface area contributed by atoms with Gasteiger partial charge in [0.05, 0.1) is 19.3 Å². The van der Waals surface area contributed by atoms with Gasteiger partial charge in [0.25, 0.3) is 0 Å². The number of carbonyl (C=O) groups excluding carboxylic acids is 2. The Balaban J connectivity index is 1.82. The van der Waals surface area contributed by atoms with E-state index in [4.69, 9.17) is 0 Å². The van der Waals surface area contributed by atoms with Crippen molar-refractivity contribution in [2.24, 2.45) is 5.41 Å². The van der Waals surface area contributed by atoms with Crippen LogP contribution in [0.3, 0.4) is 0 Å². The first-order valence-corrected chi connectivity index (χ1v) is 7.74. The smallest absolute Gasteiger partial charge is 0.306 e. The molecule has 2 rings (SSSR count). The van der Waals surface area contributed by atoms with E-state index in [0.29, 0.717) is 12.2 Å². The van der Waals surface area contributed by atoms with Crippen LogP contribution in [0.15, 0.2) is 18.2 Å². The molecule has 6 heteroatoms. The monoisotopic (exact) mass is 314 g/mol. The molecule has 114 valence electrons. The highest BCUT2D eigenvalue weighted by Gasteiger charge is 2.44. The maximum atomic E-state index is 13.1. The Hall–Kier alpha value is -1.43. The number of thioether (sulfide) groups is 1. The fraction of sp³-hybridized carbons (Fsp3) is 0.467. The minimum Gasteiger partial charge on any atom is -0.469 e. The number of hydrogen-bond donors (Lipinski definition) is 0. The molecule has 0 heterocycles. The van der Waals surface area contributed by atoms with E-state index in [-0.39, 0.29) is 28.5 Å². The van der Waals surface area contributed by atoms with Crippen LogP contribution in [0.5, 0.6) is 0 Å². The van der Waals surface area contributed by atoms with Gasteiger partial charge in [-0.3, -0.25) is 9.59 Å². The standard InChI is InChI=1S/C15H16F2O3S/c1-20-14(19)7-15(4-5-15)9-21-8-13(18)10-2-3-11(16)12(17)6-10/h2-3,6H,4-5,7-9H2,1H3. The average molecular weight is 314 g/mol. The van der Waals surface area contributed by atoms with Crippen molar-refractivity contribution in [1.29, 1.82) is 0 Å².